The lowest BCUT2D eigenvalue weighted by Gasteiger charge is -2.16. The molecule has 2 aromatic rings. The summed E-state index contributed by atoms with van der Waals surface area (Å²) in [4.78, 5) is 0. The van der Waals surface area contributed by atoms with Gasteiger partial charge >= 0.3 is 0 Å². The van der Waals surface area contributed by atoms with Crippen LogP contribution in [0.5, 0.6) is 0 Å². The lowest BCUT2D eigenvalue weighted by Crippen LogP contribution is -2.13. The molecule has 1 atom stereocenters. The van der Waals surface area contributed by atoms with Crippen molar-refractivity contribution in [2.24, 2.45) is 5.73 Å². The van der Waals surface area contributed by atoms with Crippen LogP contribution in [-0.4, -0.2) is 0 Å². The number of rotatable bonds is 2. The molecule has 0 aliphatic carbocycles. The van der Waals surface area contributed by atoms with Crippen LogP contribution in [0, 0.1) is 25.5 Å². The van der Waals surface area contributed by atoms with Crippen LogP contribution in [0.2, 0.25) is 5.02 Å². The Kier molecular flexibility index (Phi) is 3.88. The van der Waals surface area contributed by atoms with E-state index in [1.54, 1.807) is 32.0 Å². The number of nitrogens with two attached hydrogens (primary N) is 1. The van der Waals surface area contributed by atoms with E-state index in [1.165, 1.54) is 12.1 Å². The smallest absolute Gasteiger partial charge is 0.127 e. The molecular formula is C15H14ClF2N. The molecule has 0 heterocycles. The van der Waals surface area contributed by atoms with Gasteiger partial charge in [-0.3, -0.25) is 0 Å². The van der Waals surface area contributed by atoms with Gasteiger partial charge < -0.3 is 5.73 Å². The minimum atomic E-state index is -0.582. The molecule has 1 nitrogen and oxygen atoms in total. The van der Waals surface area contributed by atoms with Gasteiger partial charge in [-0.05, 0) is 54.3 Å². The van der Waals surface area contributed by atoms with Crippen LogP contribution in [0.1, 0.15) is 28.3 Å². The summed E-state index contributed by atoms with van der Waals surface area (Å²) in [5.74, 6) is -0.695. The highest BCUT2D eigenvalue weighted by Crippen LogP contribution is 2.29. The largest absolute Gasteiger partial charge is 0.320 e. The van der Waals surface area contributed by atoms with Crippen molar-refractivity contribution in [2.45, 2.75) is 19.9 Å². The Labute approximate surface area is 116 Å². The van der Waals surface area contributed by atoms with Crippen molar-refractivity contribution in [1.82, 2.24) is 0 Å². The van der Waals surface area contributed by atoms with Gasteiger partial charge in [0.1, 0.15) is 11.6 Å². The van der Waals surface area contributed by atoms with Crippen LogP contribution in [0.15, 0.2) is 30.3 Å². The van der Waals surface area contributed by atoms with Crippen molar-refractivity contribution >= 4 is 11.6 Å². The molecule has 2 N–H and O–H groups in total. The van der Waals surface area contributed by atoms with Gasteiger partial charge in [0.2, 0.25) is 0 Å². The standard InChI is InChI=1S/C15H14ClF2N/c1-8-3-4-10(6-13(8)17)15(19)11-5-9(2)14(18)7-12(11)16/h3-7,15H,19H2,1-2H3. The maximum Gasteiger partial charge on any atom is 0.127 e. The fourth-order valence-corrected chi connectivity index (χ4v) is 2.17. The Balaban J connectivity index is 2.46. The molecule has 2 rings (SSSR count). The molecule has 0 saturated carbocycles. The first-order valence-corrected chi connectivity index (χ1v) is 6.25. The molecule has 0 aromatic heterocycles. The van der Waals surface area contributed by atoms with Crippen LogP contribution >= 0.6 is 11.6 Å². The number of halogens is 3. The zero-order valence-electron chi connectivity index (χ0n) is 10.7. The second-order valence-electron chi connectivity index (χ2n) is 4.61. The van der Waals surface area contributed by atoms with Crippen LogP contribution < -0.4 is 5.73 Å². The Morgan fingerprint density at radius 1 is 1.00 bits per heavy atom. The van der Waals surface area contributed by atoms with Gasteiger partial charge in [-0.2, -0.15) is 0 Å². The van der Waals surface area contributed by atoms with Crippen LogP contribution in [0.3, 0.4) is 0 Å². The third-order valence-corrected chi connectivity index (χ3v) is 3.50. The third kappa shape index (κ3) is 2.77. The molecule has 0 radical (unpaired) electrons. The molecular weight excluding hydrogens is 268 g/mol. The monoisotopic (exact) mass is 281 g/mol. The molecule has 0 aliphatic heterocycles. The van der Waals surface area contributed by atoms with Crippen molar-refractivity contribution in [3.63, 3.8) is 0 Å². The molecule has 19 heavy (non-hydrogen) atoms. The zero-order chi connectivity index (χ0) is 14.2. The topological polar surface area (TPSA) is 26.0 Å². The van der Waals surface area contributed by atoms with Gasteiger partial charge in [0.05, 0.1) is 6.04 Å². The van der Waals surface area contributed by atoms with E-state index in [0.29, 0.717) is 22.3 Å². The quantitative estimate of drug-likeness (QED) is 0.873. The van der Waals surface area contributed by atoms with E-state index in [4.69, 9.17) is 17.3 Å². The molecule has 0 fully saturated rings. The highest BCUT2D eigenvalue weighted by Gasteiger charge is 2.15. The first kappa shape index (κ1) is 14.0. The van der Waals surface area contributed by atoms with E-state index in [1.807, 2.05) is 0 Å². The lowest BCUT2D eigenvalue weighted by atomic mass is 9.97. The molecule has 0 aliphatic rings. The number of hydrogen-bond acceptors (Lipinski definition) is 1. The highest BCUT2D eigenvalue weighted by molar-refractivity contribution is 6.31. The maximum atomic E-state index is 13.6. The molecule has 2 aromatic carbocycles. The molecule has 0 bridgehead atoms. The van der Waals surface area contributed by atoms with Crippen molar-refractivity contribution in [3.05, 3.63) is 69.2 Å². The Bertz CT molecular complexity index is 626. The van der Waals surface area contributed by atoms with E-state index >= 15 is 0 Å². The van der Waals surface area contributed by atoms with Gasteiger partial charge in [0.25, 0.3) is 0 Å². The molecule has 1 unspecified atom stereocenters. The fraction of sp³-hybridized carbons (Fsp3) is 0.200. The molecule has 0 saturated heterocycles. The summed E-state index contributed by atoms with van der Waals surface area (Å²) < 4.78 is 26.9. The maximum absolute atomic E-state index is 13.6. The minimum absolute atomic E-state index is 0.247. The first-order chi connectivity index (χ1) is 8.90. The number of aryl methyl sites for hydroxylation is 2. The molecule has 4 heteroatoms. The van der Waals surface area contributed by atoms with Crippen LogP contribution in [-0.2, 0) is 0 Å². The van der Waals surface area contributed by atoms with Crippen molar-refractivity contribution < 1.29 is 8.78 Å². The second kappa shape index (κ2) is 5.27. The average molecular weight is 282 g/mol. The highest BCUT2D eigenvalue weighted by atomic mass is 35.5. The lowest BCUT2D eigenvalue weighted by molar-refractivity contribution is 0.612. The van der Waals surface area contributed by atoms with Gasteiger partial charge in [0.15, 0.2) is 0 Å². The molecule has 100 valence electrons. The minimum Gasteiger partial charge on any atom is -0.320 e. The zero-order valence-corrected chi connectivity index (χ0v) is 11.4. The normalized spacial score (nSPS) is 12.5. The predicted molar refractivity (Wildman–Crippen MR) is 73.3 cm³/mol. The third-order valence-electron chi connectivity index (χ3n) is 3.17. The SMILES string of the molecule is Cc1ccc(C(N)c2cc(C)c(F)cc2Cl)cc1F. The van der Waals surface area contributed by atoms with Gasteiger partial charge in [-0.15, -0.1) is 0 Å². The number of hydrogen-bond donors (Lipinski definition) is 1. The van der Waals surface area contributed by atoms with Crippen LogP contribution in [0.4, 0.5) is 8.78 Å². The Hall–Kier alpha value is -1.45. The molecule has 0 amide bonds. The number of benzene rings is 2. The van der Waals surface area contributed by atoms with Gasteiger partial charge in [0, 0.05) is 5.02 Å². The summed E-state index contributed by atoms with van der Waals surface area (Å²) in [6, 6.07) is 7.04. The van der Waals surface area contributed by atoms with E-state index in [9.17, 15) is 8.78 Å². The van der Waals surface area contributed by atoms with Crippen LogP contribution in [0.25, 0.3) is 0 Å². The Morgan fingerprint density at radius 3 is 2.26 bits per heavy atom. The fourth-order valence-electron chi connectivity index (χ4n) is 1.90. The van der Waals surface area contributed by atoms with E-state index < -0.39 is 6.04 Å². The Morgan fingerprint density at radius 2 is 1.63 bits per heavy atom. The van der Waals surface area contributed by atoms with Gasteiger partial charge in [-0.1, -0.05) is 23.7 Å². The summed E-state index contributed by atoms with van der Waals surface area (Å²) in [6.45, 7) is 3.32. The molecule has 0 spiro atoms. The first-order valence-electron chi connectivity index (χ1n) is 5.87. The summed E-state index contributed by atoms with van der Waals surface area (Å²) in [7, 11) is 0. The second-order valence-corrected chi connectivity index (χ2v) is 5.02. The van der Waals surface area contributed by atoms with Gasteiger partial charge in [-0.25, -0.2) is 8.78 Å². The predicted octanol–water partition coefficient (Wildman–Crippen LogP) is 4.28. The average Bonchev–Trinajstić information content (AvgIpc) is 2.36. The van der Waals surface area contributed by atoms with Crippen molar-refractivity contribution in [3.8, 4) is 0 Å². The summed E-state index contributed by atoms with van der Waals surface area (Å²) >= 11 is 6.00. The summed E-state index contributed by atoms with van der Waals surface area (Å²) in [6.07, 6.45) is 0. The van der Waals surface area contributed by atoms with E-state index in [-0.39, 0.29) is 16.7 Å². The van der Waals surface area contributed by atoms with E-state index in [0.717, 1.165) is 0 Å². The van der Waals surface area contributed by atoms with Crippen molar-refractivity contribution in [2.75, 3.05) is 0 Å². The van der Waals surface area contributed by atoms with E-state index in [2.05, 4.69) is 0 Å². The van der Waals surface area contributed by atoms with Crippen molar-refractivity contribution in [1.29, 1.82) is 0 Å². The summed E-state index contributed by atoms with van der Waals surface area (Å²) in [5.41, 5.74) is 8.29. The summed E-state index contributed by atoms with van der Waals surface area (Å²) in [5, 5.41) is 0.247.